The Morgan fingerprint density at radius 1 is 1.47 bits per heavy atom. The topological polar surface area (TPSA) is 63.2 Å². The molecule has 6 heteroatoms. The van der Waals surface area contributed by atoms with Gasteiger partial charge in [0.2, 0.25) is 0 Å². The van der Waals surface area contributed by atoms with Gasteiger partial charge >= 0.3 is 6.09 Å². The summed E-state index contributed by atoms with van der Waals surface area (Å²) in [4.78, 5) is 17.5. The van der Waals surface area contributed by atoms with Crippen LogP contribution in [0.15, 0.2) is 0 Å². The molecule has 19 heavy (non-hydrogen) atoms. The highest BCUT2D eigenvalue weighted by Crippen LogP contribution is 2.29. The molecule has 1 aromatic heterocycles. The Balaban J connectivity index is 1.93. The maximum absolute atomic E-state index is 11.7. The number of hydrogen-bond acceptors (Lipinski definition) is 5. The number of nitrogens with zero attached hydrogens (tertiary/aromatic N) is 1. The molecule has 0 aromatic carbocycles. The van der Waals surface area contributed by atoms with Gasteiger partial charge in [0.25, 0.3) is 0 Å². The van der Waals surface area contributed by atoms with E-state index in [0.29, 0.717) is 0 Å². The Bertz CT molecular complexity index is 465. The van der Waals surface area contributed by atoms with Crippen molar-refractivity contribution in [3.63, 3.8) is 0 Å². The molecule has 0 bridgehead atoms. The Labute approximate surface area is 117 Å². The number of nitrogens with one attached hydrogen (secondary N) is 2. The van der Waals surface area contributed by atoms with E-state index in [2.05, 4.69) is 15.6 Å². The Morgan fingerprint density at radius 3 is 2.84 bits per heavy atom. The van der Waals surface area contributed by atoms with Crippen LogP contribution in [-0.4, -0.2) is 29.8 Å². The minimum Gasteiger partial charge on any atom is -0.444 e. The Kier molecular flexibility index (Phi) is 3.99. The summed E-state index contributed by atoms with van der Waals surface area (Å²) in [6.07, 6.45) is 2.33. The zero-order valence-corrected chi connectivity index (χ0v) is 12.7. The number of rotatable bonds is 2. The average Bonchev–Trinajstić information content (AvgIpc) is 2.68. The van der Waals surface area contributed by atoms with Crippen LogP contribution in [0.2, 0.25) is 0 Å². The highest BCUT2D eigenvalue weighted by Gasteiger charge is 2.25. The van der Waals surface area contributed by atoms with Crippen LogP contribution in [0.3, 0.4) is 0 Å². The molecule has 1 aromatic rings. The second-order valence-electron chi connectivity index (χ2n) is 5.72. The lowest BCUT2D eigenvalue weighted by molar-refractivity contribution is 0.0500. The molecule has 2 rings (SSSR count). The van der Waals surface area contributed by atoms with Crippen LogP contribution in [0.25, 0.3) is 0 Å². The van der Waals surface area contributed by atoms with E-state index >= 15 is 0 Å². The second-order valence-corrected chi connectivity index (χ2v) is 6.81. The number of hydrogen-bond donors (Lipinski definition) is 2. The van der Waals surface area contributed by atoms with Gasteiger partial charge in [-0.1, -0.05) is 0 Å². The first-order valence-electron chi connectivity index (χ1n) is 6.53. The zero-order chi connectivity index (χ0) is 14.0. The number of anilines is 1. The van der Waals surface area contributed by atoms with Crippen LogP contribution < -0.4 is 10.6 Å². The van der Waals surface area contributed by atoms with Gasteiger partial charge in [-0.05, 0) is 33.6 Å². The minimum absolute atomic E-state index is 0.146. The number of aromatic nitrogens is 1. The summed E-state index contributed by atoms with van der Waals surface area (Å²) in [6, 6.07) is 0.146. The van der Waals surface area contributed by atoms with E-state index in [1.54, 1.807) is 11.3 Å². The third-order valence-electron chi connectivity index (χ3n) is 2.87. The predicted octanol–water partition coefficient (Wildman–Crippen LogP) is 2.57. The van der Waals surface area contributed by atoms with Gasteiger partial charge < -0.3 is 15.4 Å². The summed E-state index contributed by atoms with van der Waals surface area (Å²) in [5.41, 5.74) is 0.713. The number of ether oxygens (including phenoxy) is 1. The van der Waals surface area contributed by atoms with Crippen LogP contribution in [0.4, 0.5) is 9.93 Å². The number of carbonyl (C=O) groups is 1. The lowest BCUT2D eigenvalue weighted by Gasteiger charge is -2.25. The Morgan fingerprint density at radius 2 is 2.21 bits per heavy atom. The van der Waals surface area contributed by atoms with Crippen LogP contribution >= 0.6 is 11.3 Å². The van der Waals surface area contributed by atoms with E-state index in [0.717, 1.165) is 30.1 Å². The van der Waals surface area contributed by atoms with E-state index in [9.17, 15) is 4.79 Å². The summed E-state index contributed by atoms with van der Waals surface area (Å²) < 4.78 is 5.28. The van der Waals surface area contributed by atoms with E-state index in [1.165, 1.54) is 4.88 Å². The fraction of sp³-hybridized carbons (Fsp3) is 0.692. The lowest BCUT2D eigenvalue weighted by atomic mass is 9.98. The van der Waals surface area contributed by atoms with Crippen LogP contribution in [0.1, 0.15) is 37.8 Å². The first kappa shape index (κ1) is 14.1. The highest BCUT2D eigenvalue weighted by atomic mass is 32.1. The van der Waals surface area contributed by atoms with E-state index in [4.69, 9.17) is 4.74 Å². The summed E-state index contributed by atoms with van der Waals surface area (Å²) in [6.45, 7) is 5.61. The molecule has 5 nitrogen and oxygen atoms in total. The van der Waals surface area contributed by atoms with Gasteiger partial charge in [0.1, 0.15) is 5.60 Å². The molecule has 2 N–H and O–H groups in total. The lowest BCUT2D eigenvalue weighted by Crippen LogP contribution is -2.41. The molecule has 0 fully saturated rings. The van der Waals surface area contributed by atoms with Gasteiger partial charge in [-0.3, -0.25) is 0 Å². The molecule has 0 saturated carbocycles. The molecule has 0 spiro atoms. The van der Waals surface area contributed by atoms with Crippen molar-refractivity contribution in [3.05, 3.63) is 10.6 Å². The number of aryl methyl sites for hydroxylation is 1. The molecular weight excluding hydrogens is 262 g/mol. The summed E-state index contributed by atoms with van der Waals surface area (Å²) in [7, 11) is 1.88. The molecule has 1 aliphatic rings. The fourth-order valence-electron chi connectivity index (χ4n) is 2.08. The fourth-order valence-corrected chi connectivity index (χ4v) is 3.12. The van der Waals surface area contributed by atoms with Crippen molar-refractivity contribution in [3.8, 4) is 0 Å². The largest absolute Gasteiger partial charge is 0.444 e. The molecular formula is C13H21N3O2S. The first-order chi connectivity index (χ1) is 8.87. The van der Waals surface area contributed by atoms with Crippen molar-refractivity contribution in [2.75, 3.05) is 12.4 Å². The monoisotopic (exact) mass is 283 g/mol. The first-order valence-corrected chi connectivity index (χ1v) is 7.35. The van der Waals surface area contributed by atoms with Crippen LogP contribution in [-0.2, 0) is 17.6 Å². The quantitative estimate of drug-likeness (QED) is 0.875. The van der Waals surface area contributed by atoms with Gasteiger partial charge in [-0.15, -0.1) is 11.3 Å². The number of thiazole rings is 1. The molecule has 0 radical (unpaired) electrons. The smallest absolute Gasteiger partial charge is 0.407 e. The Hall–Kier alpha value is -1.30. The third kappa shape index (κ3) is 3.83. The van der Waals surface area contributed by atoms with Gasteiger partial charge in [0.15, 0.2) is 5.13 Å². The second kappa shape index (κ2) is 5.36. The molecule has 1 atom stereocenters. The highest BCUT2D eigenvalue weighted by molar-refractivity contribution is 7.15. The standard InChI is InChI=1S/C13H21N3O2S/c1-13(2,3)18-12(17)15-8-5-6-9-10(7-8)19-11(14-4)16-9/h8H,5-7H2,1-4H3,(H,14,16)(H,15,17)/t8-/m0/s1. The SMILES string of the molecule is CNc1nc2c(s1)C[C@@H](NC(=O)OC(C)(C)C)CC2. The molecule has 0 saturated heterocycles. The average molecular weight is 283 g/mol. The molecule has 1 amide bonds. The molecule has 0 aliphatic heterocycles. The van der Waals surface area contributed by atoms with Gasteiger partial charge in [-0.2, -0.15) is 0 Å². The normalized spacial score (nSPS) is 18.6. The van der Waals surface area contributed by atoms with Crippen LogP contribution in [0, 0.1) is 0 Å². The number of amides is 1. The molecule has 1 aliphatic carbocycles. The van der Waals surface area contributed by atoms with Gasteiger partial charge in [0.05, 0.1) is 5.69 Å². The van der Waals surface area contributed by atoms with Crippen molar-refractivity contribution < 1.29 is 9.53 Å². The minimum atomic E-state index is -0.451. The van der Waals surface area contributed by atoms with Crippen molar-refractivity contribution in [1.82, 2.24) is 10.3 Å². The van der Waals surface area contributed by atoms with Crippen molar-refractivity contribution in [2.45, 2.75) is 51.7 Å². The third-order valence-corrected chi connectivity index (χ3v) is 4.01. The van der Waals surface area contributed by atoms with E-state index in [-0.39, 0.29) is 12.1 Å². The van der Waals surface area contributed by atoms with Crippen LogP contribution in [0.5, 0.6) is 0 Å². The maximum Gasteiger partial charge on any atom is 0.407 e. The van der Waals surface area contributed by atoms with Crippen molar-refractivity contribution in [1.29, 1.82) is 0 Å². The van der Waals surface area contributed by atoms with Crippen molar-refractivity contribution >= 4 is 22.6 Å². The maximum atomic E-state index is 11.7. The predicted molar refractivity (Wildman–Crippen MR) is 76.8 cm³/mol. The van der Waals surface area contributed by atoms with Gasteiger partial charge in [0, 0.05) is 24.4 Å². The molecule has 1 heterocycles. The molecule has 0 unspecified atom stereocenters. The van der Waals surface area contributed by atoms with E-state index < -0.39 is 5.60 Å². The summed E-state index contributed by atoms with van der Waals surface area (Å²) >= 11 is 1.66. The van der Waals surface area contributed by atoms with Gasteiger partial charge in [-0.25, -0.2) is 9.78 Å². The summed E-state index contributed by atoms with van der Waals surface area (Å²) in [5, 5.41) is 6.95. The molecule has 106 valence electrons. The zero-order valence-electron chi connectivity index (χ0n) is 11.9. The number of fused-ring (bicyclic) bond motifs is 1. The number of alkyl carbamates (subject to hydrolysis) is 1. The van der Waals surface area contributed by atoms with E-state index in [1.807, 2.05) is 27.8 Å². The van der Waals surface area contributed by atoms with Crippen molar-refractivity contribution in [2.24, 2.45) is 0 Å². The summed E-state index contributed by atoms with van der Waals surface area (Å²) in [5.74, 6) is 0. The number of carbonyl (C=O) groups excluding carboxylic acids is 1.